The molecule has 1 aromatic carbocycles. The molecule has 0 N–H and O–H groups in total. The van der Waals surface area contributed by atoms with Crippen molar-refractivity contribution in [3.63, 3.8) is 0 Å². The summed E-state index contributed by atoms with van der Waals surface area (Å²) in [6, 6.07) is 7.82. The quantitative estimate of drug-likeness (QED) is 0.715. The third-order valence-corrected chi connectivity index (χ3v) is 3.70. The molecule has 0 amide bonds. The van der Waals surface area contributed by atoms with E-state index < -0.39 is 0 Å². The standard InChI is InChI=1S/C17H22ClNO2/c1-11(2)7-12(3)21-10-14-8-13-5-6-15(20-4)9-16(13)19-17(14)18/h5-6,8-9,11-12H,7,10H2,1-4H3. The van der Waals surface area contributed by atoms with E-state index in [0.29, 0.717) is 17.7 Å². The Hall–Kier alpha value is -1.32. The topological polar surface area (TPSA) is 31.4 Å². The van der Waals surface area contributed by atoms with Gasteiger partial charge < -0.3 is 9.47 Å². The lowest BCUT2D eigenvalue weighted by Crippen LogP contribution is -2.11. The highest BCUT2D eigenvalue weighted by Crippen LogP contribution is 2.25. The van der Waals surface area contributed by atoms with Gasteiger partial charge in [-0.3, -0.25) is 0 Å². The van der Waals surface area contributed by atoms with Crippen LogP contribution in [0.1, 0.15) is 32.8 Å². The van der Waals surface area contributed by atoms with Crippen LogP contribution in [0.15, 0.2) is 24.3 Å². The first-order valence-electron chi connectivity index (χ1n) is 7.24. The fourth-order valence-electron chi connectivity index (χ4n) is 2.36. The molecule has 3 nitrogen and oxygen atoms in total. The van der Waals surface area contributed by atoms with E-state index in [1.165, 1.54) is 0 Å². The first-order chi connectivity index (χ1) is 9.99. The molecule has 0 saturated heterocycles. The van der Waals surface area contributed by atoms with Crippen molar-refractivity contribution in [3.05, 3.63) is 35.0 Å². The number of nitrogens with zero attached hydrogens (tertiary/aromatic N) is 1. The van der Waals surface area contributed by atoms with E-state index in [1.54, 1.807) is 7.11 Å². The van der Waals surface area contributed by atoms with E-state index in [0.717, 1.165) is 28.6 Å². The monoisotopic (exact) mass is 307 g/mol. The normalized spacial score (nSPS) is 12.9. The molecule has 0 aliphatic rings. The molecule has 0 spiro atoms. The molecule has 0 aliphatic heterocycles. The zero-order valence-corrected chi connectivity index (χ0v) is 13.8. The number of halogens is 1. The van der Waals surface area contributed by atoms with E-state index in [4.69, 9.17) is 21.1 Å². The Morgan fingerprint density at radius 2 is 1.95 bits per heavy atom. The van der Waals surface area contributed by atoms with Crippen LogP contribution in [0, 0.1) is 5.92 Å². The third kappa shape index (κ3) is 4.32. The molecule has 1 aromatic heterocycles. The molecule has 21 heavy (non-hydrogen) atoms. The Bertz CT molecular complexity index is 613. The van der Waals surface area contributed by atoms with Gasteiger partial charge in [0, 0.05) is 17.0 Å². The molecule has 4 heteroatoms. The van der Waals surface area contributed by atoms with Gasteiger partial charge >= 0.3 is 0 Å². The average molecular weight is 308 g/mol. The van der Waals surface area contributed by atoms with E-state index in [9.17, 15) is 0 Å². The maximum Gasteiger partial charge on any atom is 0.135 e. The molecule has 2 aromatic rings. The Kier molecular flexibility index (Phi) is 5.43. The summed E-state index contributed by atoms with van der Waals surface area (Å²) in [5.74, 6) is 1.40. The van der Waals surface area contributed by atoms with Gasteiger partial charge in [0.05, 0.1) is 25.3 Å². The molecular formula is C17H22ClNO2. The highest BCUT2D eigenvalue weighted by Gasteiger charge is 2.10. The smallest absolute Gasteiger partial charge is 0.135 e. The minimum atomic E-state index is 0.215. The average Bonchev–Trinajstić information content (AvgIpc) is 2.43. The second-order valence-corrected chi connectivity index (χ2v) is 6.11. The summed E-state index contributed by atoms with van der Waals surface area (Å²) < 4.78 is 11.1. The van der Waals surface area contributed by atoms with Gasteiger partial charge in [0.15, 0.2) is 0 Å². The number of pyridine rings is 1. The van der Waals surface area contributed by atoms with Crippen molar-refractivity contribution in [1.82, 2.24) is 4.98 Å². The zero-order valence-electron chi connectivity index (χ0n) is 13.0. The summed E-state index contributed by atoms with van der Waals surface area (Å²) in [6.45, 7) is 6.96. The van der Waals surface area contributed by atoms with Gasteiger partial charge in [0.25, 0.3) is 0 Å². The van der Waals surface area contributed by atoms with Crippen LogP contribution in [-0.2, 0) is 11.3 Å². The predicted molar refractivity (Wildman–Crippen MR) is 87.0 cm³/mol. The highest BCUT2D eigenvalue weighted by atomic mass is 35.5. The fraction of sp³-hybridized carbons (Fsp3) is 0.471. The molecule has 114 valence electrons. The molecule has 1 unspecified atom stereocenters. The lowest BCUT2D eigenvalue weighted by molar-refractivity contribution is 0.0397. The van der Waals surface area contributed by atoms with Crippen LogP contribution in [0.2, 0.25) is 5.15 Å². The number of rotatable bonds is 6. The maximum absolute atomic E-state index is 6.26. The Labute approximate surface area is 131 Å². The molecule has 0 radical (unpaired) electrons. The largest absolute Gasteiger partial charge is 0.497 e. The van der Waals surface area contributed by atoms with Gasteiger partial charge in [-0.05, 0) is 37.5 Å². The number of methoxy groups -OCH3 is 1. The summed E-state index contributed by atoms with van der Waals surface area (Å²) in [6.07, 6.45) is 1.25. The fourth-order valence-corrected chi connectivity index (χ4v) is 2.56. The first-order valence-corrected chi connectivity index (χ1v) is 7.62. The van der Waals surface area contributed by atoms with E-state index in [1.807, 2.05) is 24.3 Å². The Morgan fingerprint density at radius 1 is 1.19 bits per heavy atom. The Balaban J connectivity index is 2.15. The summed E-state index contributed by atoms with van der Waals surface area (Å²) in [5, 5.41) is 1.53. The number of hydrogen-bond acceptors (Lipinski definition) is 3. The van der Waals surface area contributed by atoms with Crippen LogP contribution in [-0.4, -0.2) is 18.2 Å². The second kappa shape index (κ2) is 7.10. The van der Waals surface area contributed by atoms with E-state index >= 15 is 0 Å². The van der Waals surface area contributed by atoms with Crippen LogP contribution < -0.4 is 4.74 Å². The summed E-state index contributed by atoms with van der Waals surface area (Å²) in [4.78, 5) is 4.43. The number of hydrogen-bond donors (Lipinski definition) is 0. The van der Waals surface area contributed by atoms with Crippen molar-refractivity contribution in [1.29, 1.82) is 0 Å². The number of ether oxygens (including phenoxy) is 2. The SMILES string of the molecule is COc1ccc2cc(COC(C)CC(C)C)c(Cl)nc2c1. The molecular weight excluding hydrogens is 286 g/mol. The first kappa shape index (κ1) is 16.1. The second-order valence-electron chi connectivity index (χ2n) is 5.75. The Morgan fingerprint density at radius 3 is 2.62 bits per heavy atom. The van der Waals surface area contributed by atoms with Crippen molar-refractivity contribution in [3.8, 4) is 5.75 Å². The molecule has 1 heterocycles. The third-order valence-electron chi connectivity index (χ3n) is 3.38. The van der Waals surface area contributed by atoms with Gasteiger partial charge in [-0.2, -0.15) is 0 Å². The number of benzene rings is 1. The predicted octanol–water partition coefficient (Wildman–Crippen LogP) is 4.85. The lowest BCUT2D eigenvalue weighted by Gasteiger charge is -2.16. The zero-order chi connectivity index (χ0) is 15.4. The molecule has 0 aliphatic carbocycles. The number of aromatic nitrogens is 1. The minimum Gasteiger partial charge on any atom is -0.497 e. The molecule has 1 atom stereocenters. The van der Waals surface area contributed by atoms with Crippen molar-refractivity contribution in [2.45, 2.75) is 39.9 Å². The summed E-state index contributed by atoms with van der Waals surface area (Å²) >= 11 is 6.26. The maximum atomic E-state index is 6.26. The molecule has 0 saturated carbocycles. The summed E-state index contributed by atoms with van der Waals surface area (Å²) in [7, 11) is 1.64. The van der Waals surface area contributed by atoms with Gasteiger partial charge in [-0.1, -0.05) is 25.4 Å². The van der Waals surface area contributed by atoms with Gasteiger partial charge in [0.1, 0.15) is 10.9 Å². The van der Waals surface area contributed by atoms with Crippen LogP contribution in [0.25, 0.3) is 10.9 Å². The van der Waals surface area contributed by atoms with Crippen LogP contribution in [0.3, 0.4) is 0 Å². The van der Waals surface area contributed by atoms with Gasteiger partial charge in [0.2, 0.25) is 0 Å². The lowest BCUT2D eigenvalue weighted by atomic mass is 10.1. The molecule has 0 bridgehead atoms. The van der Waals surface area contributed by atoms with Crippen LogP contribution in [0.4, 0.5) is 0 Å². The summed E-state index contributed by atoms with van der Waals surface area (Å²) in [5.41, 5.74) is 1.75. The van der Waals surface area contributed by atoms with Crippen LogP contribution in [0.5, 0.6) is 5.75 Å². The van der Waals surface area contributed by atoms with Crippen molar-refractivity contribution in [2.24, 2.45) is 5.92 Å². The van der Waals surface area contributed by atoms with Crippen molar-refractivity contribution < 1.29 is 9.47 Å². The van der Waals surface area contributed by atoms with E-state index in [-0.39, 0.29) is 6.10 Å². The van der Waals surface area contributed by atoms with Crippen LogP contribution >= 0.6 is 11.6 Å². The van der Waals surface area contributed by atoms with Gasteiger partial charge in [-0.15, -0.1) is 0 Å². The van der Waals surface area contributed by atoms with E-state index in [2.05, 4.69) is 25.8 Å². The van der Waals surface area contributed by atoms with Crippen molar-refractivity contribution >= 4 is 22.5 Å². The molecule has 2 rings (SSSR count). The number of fused-ring (bicyclic) bond motifs is 1. The minimum absolute atomic E-state index is 0.215. The molecule has 0 fully saturated rings. The van der Waals surface area contributed by atoms with Crippen molar-refractivity contribution in [2.75, 3.05) is 7.11 Å². The highest BCUT2D eigenvalue weighted by molar-refractivity contribution is 6.30. The van der Waals surface area contributed by atoms with Gasteiger partial charge in [-0.25, -0.2) is 4.98 Å².